The Morgan fingerprint density at radius 1 is 1.00 bits per heavy atom. The number of unbranched alkanes of at least 4 members (excludes halogenated alkanes) is 9. The molecule has 0 bridgehead atoms. The molecule has 0 unspecified atom stereocenters. The Bertz CT molecular complexity index is 854. The average Bonchev–Trinajstić information content (AvgIpc) is 3.28. The van der Waals surface area contributed by atoms with Crippen LogP contribution in [0.25, 0.3) is 6.08 Å². The van der Waals surface area contributed by atoms with Crippen molar-refractivity contribution in [3.05, 3.63) is 53.0 Å². The van der Waals surface area contributed by atoms with Gasteiger partial charge < -0.3 is 4.42 Å². The van der Waals surface area contributed by atoms with Gasteiger partial charge in [-0.3, -0.25) is 14.5 Å². The predicted molar refractivity (Wildman–Crippen MR) is 123 cm³/mol. The van der Waals surface area contributed by atoms with Crippen molar-refractivity contribution >= 4 is 17.9 Å². The summed E-state index contributed by atoms with van der Waals surface area (Å²) >= 11 is 0. The van der Waals surface area contributed by atoms with Crippen LogP contribution < -0.4 is 0 Å². The van der Waals surface area contributed by atoms with E-state index < -0.39 is 5.91 Å². The minimum atomic E-state index is -0.479. The lowest BCUT2D eigenvalue weighted by molar-refractivity contribution is -0.140. The van der Waals surface area contributed by atoms with Crippen molar-refractivity contribution in [2.24, 2.45) is 0 Å². The normalized spacial score (nSPS) is 16.0. The van der Waals surface area contributed by atoms with Gasteiger partial charge in [0, 0.05) is 12.1 Å². The number of hydrogen-bond acceptors (Lipinski definition) is 4. The zero-order chi connectivity index (χ0) is 22.5. The molecule has 5 nitrogen and oxygen atoms in total. The first kappa shape index (κ1) is 24.4. The second kappa shape index (κ2) is 13.4. The van der Waals surface area contributed by atoms with Gasteiger partial charge in [0.15, 0.2) is 0 Å². The maximum atomic E-state index is 12.9. The monoisotopic (exact) mass is 422 g/mol. The topological polar surface area (TPSA) is 74.3 Å². The van der Waals surface area contributed by atoms with Gasteiger partial charge in [0.05, 0.1) is 6.26 Å². The highest BCUT2D eigenvalue weighted by atomic mass is 16.3. The van der Waals surface area contributed by atoms with Gasteiger partial charge in [-0.2, -0.15) is 5.26 Å². The first-order chi connectivity index (χ1) is 15.1. The summed E-state index contributed by atoms with van der Waals surface area (Å²) in [6.45, 7) is 4.23. The van der Waals surface area contributed by atoms with E-state index in [0.29, 0.717) is 23.5 Å². The van der Waals surface area contributed by atoms with Crippen molar-refractivity contribution in [3.8, 4) is 6.07 Å². The standard InChI is InChI=1S/C26H34N2O3/c1-3-4-5-6-7-8-9-10-11-12-18-28-25(29)23(21(2)24(20-27)26(28)30)17-13-15-22-16-14-19-31-22/h13-17,19H,3-12,18H2,1-2H3/b15-13+,23-17+. The van der Waals surface area contributed by atoms with E-state index in [1.165, 1.54) is 49.8 Å². The highest BCUT2D eigenvalue weighted by Crippen LogP contribution is 2.26. The molecule has 5 heteroatoms. The maximum absolute atomic E-state index is 12.9. The van der Waals surface area contributed by atoms with E-state index in [4.69, 9.17) is 4.42 Å². The van der Waals surface area contributed by atoms with Crippen LogP contribution in [-0.4, -0.2) is 23.3 Å². The molecule has 0 radical (unpaired) electrons. The molecule has 2 heterocycles. The Balaban J connectivity index is 1.88. The molecule has 0 saturated carbocycles. The summed E-state index contributed by atoms with van der Waals surface area (Å²) in [5.74, 6) is -0.143. The summed E-state index contributed by atoms with van der Waals surface area (Å²) in [5, 5.41) is 9.45. The third-order valence-corrected chi connectivity index (χ3v) is 5.63. The molecular formula is C26H34N2O3. The number of nitriles is 1. The highest BCUT2D eigenvalue weighted by Gasteiger charge is 2.34. The van der Waals surface area contributed by atoms with Gasteiger partial charge in [-0.1, -0.05) is 70.8 Å². The average molecular weight is 423 g/mol. The molecule has 0 aromatic carbocycles. The lowest BCUT2D eigenvalue weighted by Gasteiger charge is -2.27. The SMILES string of the molecule is CCCCCCCCCCCCN1C(=O)C(C#N)=C(C)/C(=C\C=C\c2ccco2)C1=O. The lowest BCUT2D eigenvalue weighted by atomic mass is 9.94. The second-order valence-electron chi connectivity index (χ2n) is 8.01. The van der Waals surface area contributed by atoms with Gasteiger partial charge in [0.2, 0.25) is 0 Å². The molecule has 31 heavy (non-hydrogen) atoms. The van der Waals surface area contributed by atoms with Crippen LogP contribution in [0.5, 0.6) is 0 Å². The van der Waals surface area contributed by atoms with E-state index in [2.05, 4.69) is 6.92 Å². The van der Waals surface area contributed by atoms with Crippen molar-refractivity contribution in [3.63, 3.8) is 0 Å². The molecule has 2 amide bonds. The molecule has 1 aromatic rings. The maximum Gasteiger partial charge on any atom is 0.271 e. The van der Waals surface area contributed by atoms with Gasteiger partial charge in [-0.05, 0) is 43.2 Å². The Kier molecular flexibility index (Phi) is 10.6. The van der Waals surface area contributed by atoms with Gasteiger partial charge in [0.1, 0.15) is 17.4 Å². The number of carbonyl (C=O) groups is 2. The fourth-order valence-electron chi connectivity index (χ4n) is 3.74. The number of amides is 2. The number of nitrogens with zero attached hydrogens (tertiary/aromatic N) is 2. The zero-order valence-electron chi connectivity index (χ0n) is 18.9. The molecule has 0 N–H and O–H groups in total. The van der Waals surface area contributed by atoms with Crippen LogP contribution in [0.2, 0.25) is 0 Å². The van der Waals surface area contributed by atoms with Gasteiger partial charge in [-0.25, -0.2) is 0 Å². The van der Waals surface area contributed by atoms with E-state index in [9.17, 15) is 14.9 Å². The third kappa shape index (κ3) is 7.40. The molecule has 0 fully saturated rings. The van der Waals surface area contributed by atoms with E-state index in [1.54, 1.807) is 37.5 Å². The van der Waals surface area contributed by atoms with Crippen LogP contribution in [-0.2, 0) is 9.59 Å². The second-order valence-corrected chi connectivity index (χ2v) is 8.01. The summed E-state index contributed by atoms with van der Waals surface area (Å²) in [5.41, 5.74) is 0.858. The van der Waals surface area contributed by atoms with Gasteiger partial charge in [0.25, 0.3) is 11.8 Å². The fraction of sp³-hybridized carbons (Fsp3) is 0.500. The summed E-state index contributed by atoms with van der Waals surface area (Å²) < 4.78 is 5.24. The molecule has 166 valence electrons. The molecular weight excluding hydrogens is 388 g/mol. The number of carbonyl (C=O) groups excluding carboxylic acids is 2. The number of furan rings is 1. The molecule has 2 rings (SSSR count). The van der Waals surface area contributed by atoms with Crippen LogP contribution in [0.3, 0.4) is 0 Å². The summed E-state index contributed by atoms with van der Waals surface area (Å²) in [6, 6.07) is 5.57. The highest BCUT2D eigenvalue weighted by molar-refractivity contribution is 6.18. The minimum absolute atomic E-state index is 0.0457. The van der Waals surface area contributed by atoms with Crippen LogP contribution >= 0.6 is 0 Å². The van der Waals surface area contributed by atoms with E-state index >= 15 is 0 Å². The molecule has 1 aliphatic rings. The summed E-state index contributed by atoms with van der Waals surface area (Å²) in [7, 11) is 0. The van der Waals surface area contributed by atoms with Crippen LogP contribution in [0.4, 0.5) is 0 Å². The van der Waals surface area contributed by atoms with E-state index in [0.717, 1.165) is 19.3 Å². The van der Waals surface area contributed by atoms with Crippen molar-refractivity contribution < 1.29 is 14.0 Å². The first-order valence-electron chi connectivity index (χ1n) is 11.5. The first-order valence-corrected chi connectivity index (χ1v) is 11.5. The number of imide groups is 1. The van der Waals surface area contributed by atoms with Crippen molar-refractivity contribution in [1.82, 2.24) is 4.90 Å². The third-order valence-electron chi connectivity index (χ3n) is 5.63. The van der Waals surface area contributed by atoms with Crippen LogP contribution in [0.1, 0.15) is 83.8 Å². The smallest absolute Gasteiger partial charge is 0.271 e. The summed E-state index contributed by atoms with van der Waals surface area (Å²) in [4.78, 5) is 26.8. The number of rotatable bonds is 13. The van der Waals surface area contributed by atoms with E-state index in [1.807, 2.05) is 12.1 Å². The number of allylic oxidation sites excluding steroid dienone is 2. The zero-order valence-corrected chi connectivity index (χ0v) is 18.9. The van der Waals surface area contributed by atoms with Crippen molar-refractivity contribution in [1.29, 1.82) is 5.26 Å². The molecule has 0 spiro atoms. The molecule has 1 aliphatic heterocycles. The fourth-order valence-corrected chi connectivity index (χ4v) is 3.74. The lowest BCUT2D eigenvalue weighted by Crippen LogP contribution is -2.43. The minimum Gasteiger partial charge on any atom is -0.465 e. The molecule has 0 saturated heterocycles. The van der Waals surface area contributed by atoms with Crippen LogP contribution in [0, 0.1) is 11.3 Å². The molecule has 0 atom stereocenters. The van der Waals surface area contributed by atoms with Gasteiger partial charge >= 0.3 is 0 Å². The number of hydrogen-bond donors (Lipinski definition) is 0. The Morgan fingerprint density at radius 2 is 1.65 bits per heavy atom. The van der Waals surface area contributed by atoms with Crippen LogP contribution in [0.15, 0.2) is 51.7 Å². The molecule has 0 aliphatic carbocycles. The Morgan fingerprint density at radius 3 is 2.23 bits per heavy atom. The Labute approximate surface area is 186 Å². The van der Waals surface area contributed by atoms with Gasteiger partial charge in [-0.15, -0.1) is 0 Å². The molecule has 1 aromatic heterocycles. The summed E-state index contributed by atoms with van der Waals surface area (Å²) in [6.07, 6.45) is 18.5. The van der Waals surface area contributed by atoms with E-state index in [-0.39, 0.29) is 11.5 Å². The Hall–Kier alpha value is -2.87. The van der Waals surface area contributed by atoms with Crippen molar-refractivity contribution in [2.45, 2.75) is 78.1 Å². The largest absolute Gasteiger partial charge is 0.465 e. The van der Waals surface area contributed by atoms with Crippen molar-refractivity contribution in [2.75, 3.05) is 6.54 Å². The quantitative estimate of drug-likeness (QED) is 0.211. The predicted octanol–water partition coefficient (Wildman–Crippen LogP) is 6.35.